The average Bonchev–Trinajstić information content (AvgIpc) is 2.57. The Bertz CT molecular complexity index is 684. The normalized spacial score (nSPS) is 24.4. The maximum atomic E-state index is 9.52. The van der Waals surface area contributed by atoms with Crippen molar-refractivity contribution < 1.29 is 5.11 Å². The molecule has 2 unspecified atom stereocenters. The van der Waals surface area contributed by atoms with Gasteiger partial charge in [0.15, 0.2) is 0 Å². The molecule has 0 fully saturated rings. The summed E-state index contributed by atoms with van der Waals surface area (Å²) in [6, 6.07) is 5.91. The van der Waals surface area contributed by atoms with Gasteiger partial charge in [0.25, 0.3) is 0 Å². The second-order valence-electron chi connectivity index (χ2n) is 5.86. The highest BCUT2D eigenvalue weighted by Gasteiger charge is 2.31. The smallest absolute Gasteiger partial charge is 0.0754 e. The number of hydrogen-bond donors (Lipinski definition) is 1. The van der Waals surface area contributed by atoms with E-state index in [0.717, 1.165) is 33.6 Å². The van der Waals surface area contributed by atoms with Crippen molar-refractivity contribution in [1.82, 2.24) is 0 Å². The van der Waals surface area contributed by atoms with Crippen LogP contribution in [0.4, 0.5) is 5.69 Å². The van der Waals surface area contributed by atoms with Gasteiger partial charge in [0.05, 0.1) is 17.7 Å². The standard InChI is InChI=1S/C18H18BrCl2NO/c19-15-7-6-14(9-16(15)20)22-10-12(11-23)8-17(21)18(22)13-4-2-1-3-5-13/h2,4,6-10,13,18,23H,1,3,5,11H2. The molecule has 1 heterocycles. The van der Waals surface area contributed by atoms with Gasteiger partial charge >= 0.3 is 0 Å². The predicted octanol–water partition coefficient (Wildman–Crippen LogP) is 5.65. The Morgan fingerprint density at radius 1 is 1.30 bits per heavy atom. The Balaban J connectivity index is 2.02. The molecule has 0 saturated carbocycles. The molecule has 1 aliphatic carbocycles. The van der Waals surface area contributed by atoms with Crippen molar-refractivity contribution in [2.45, 2.75) is 25.3 Å². The quantitative estimate of drug-likeness (QED) is 0.646. The van der Waals surface area contributed by atoms with Crippen LogP contribution >= 0.6 is 39.1 Å². The summed E-state index contributed by atoms with van der Waals surface area (Å²) in [4.78, 5) is 2.13. The minimum Gasteiger partial charge on any atom is -0.392 e. The highest BCUT2D eigenvalue weighted by molar-refractivity contribution is 9.10. The zero-order valence-corrected chi connectivity index (χ0v) is 15.7. The van der Waals surface area contributed by atoms with E-state index < -0.39 is 0 Å². The molecule has 0 amide bonds. The van der Waals surface area contributed by atoms with Gasteiger partial charge in [0, 0.05) is 27.3 Å². The van der Waals surface area contributed by atoms with Gasteiger partial charge in [-0.25, -0.2) is 0 Å². The average molecular weight is 415 g/mol. The summed E-state index contributed by atoms with van der Waals surface area (Å²) in [5.41, 5.74) is 1.77. The Morgan fingerprint density at radius 3 is 2.78 bits per heavy atom. The fourth-order valence-corrected chi connectivity index (χ4v) is 4.00. The first kappa shape index (κ1) is 17.1. The molecule has 1 aromatic carbocycles. The molecule has 1 N–H and O–H groups in total. The van der Waals surface area contributed by atoms with Gasteiger partial charge < -0.3 is 10.0 Å². The Morgan fingerprint density at radius 2 is 2.13 bits per heavy atom. The van der Waals surface area contributed by atoms with Gasteiger partial charge in [-0.3, -0.25) is 0 Å². The fourth-order valence-electron chi connectivity index (χ4n) is 3.17. The van der Waals surface area contributed by atoms with Crippen molar-refractivity contribution in [3.8, 4) is 0 Å². The Labute approximate surface area is 155 Å². The van der Waals surface area contributed by atoms with Crippen molar-refractivity contribution in [2.24, 2.45) is 5.92 Å². The highest BCUT2D eigenvalue weighted by atomic mass is 79.9. The van der Waals surface area contributed by atoms with Crippen LogP contribution in [0.15, 0.2) is 57.7 Å². The van der Waals surface area contributed by atoms with Gasteiger partial charge in [0.1, 0.15) is 0 Å². The molecule has 3 rings (SSSR count). The lowest BCUT2D eigenvalue weighted by atomic mass is 9.86. The lowest BCUT2D eigenvalue weighted by Crippen LogP contribution is -2.40. The Hall–Kier alpha value is -0.740. The molecule has 5 heteroatoms. The highest BCUT2D eigenvalue weighted by Crippen LogP contribution is 2.38. The molecular weight excluding hydrogens is 397 g/mol. The maximum Gasteiger partial charge on any atom is 0.0754 e. The minimum atomic E-state index is -0.0375. The number of hydrogen-bond acceptors (Lipinski definition) is 2. The number of halogens is 3. The van der Waals surface area contributed by atoms with E-state index in [1.807, 2.05) is 30.5 Å². The molecule has 0 radical (unpaired) electrons. The Kier molecular flexibility index (Phi) is 5.53. The second-order valence-corrected chi connectivity index (χ2v) is 7.56. The van der Waals surface area contributed by atoms with Crippen LogP contribution in [0.25, 0.3) is 0 Å². The van der Waals surface area contributed by atoms with E-state index in [2.05, 4.69) is 33.0 Å². The van der Waals surface area contributed by atoms with E-state index in [4.69, 9.17) is 23.2 Å². The summed E-state index contributed by atoms with van der Waals surface area (Å²) < 4.78 is 0.863. The lowest BCUT2D eigenvalue weighted by molar-refractivity contribution is 0.333. The summed E-state index contributed by atoms with van der Waals surface area (Å²) in [7, 11) is 0. The third-order valence-corrected chi connectivity index (χ3v) is 5.86. The van der Waals surface area contributed by atoms with Crippen molar-refractivity contribution in [3.05, 3.63) is 62.7 Å². The maximum absolute atomic E-state index is 9.52. The second kappa shape index (κ2) is 7.43. The first-order valence-electron chi connectivity index (χ1n) is 7.69. The molecule has 0 aromatic heterocycles. The summed E-state index contributed by atoms with van der Waals surface area (Å²) in [5, 5.41) is 10.9. The van der Waals surface area contributed by atoms with Crippen LogP contribution in [0, 0.1) is 5.92 Å². The largest absolute Gasteiger partial charge is 0.392 e. The fraction of sp³-hybridized carbons (Fsp3) is 0.333. The zero-order valence-electron chi connectivity index (χ0n) is 12.6. The van der Waals surface area contributed by atoms with Crippen LogP contribution < -0.4 is 4.90 Å². The van der Waals surface area contributed by atoms with Crippen LogP contribution in [0.2, 0.25) is 5.02 Å². The van der Waals surface area contributed by atoms with Crippen molar-refractivity contribution in [1.29, 1.82) is 0 Å². The number of aliphatic hydroxyl groups is 1. The van der Waals surface area contributed by atoms with Gasteiger partial charge in [-0.2, -0.15) is 0 Å². The molecule has 1 aliphatic heterocycles. The van der Waals surface area contributed by atoms with Gasteiger partial charge in [0.2, 0.25) is 0 Å². The van der Waals surface area contributed by atoms with Crippen LogP contribution in [0.5, 0.6) is 0 Å². The van der Waals surface area contributed by atoms with Crippen LogP contribution in [-0.2, 0) is 0 Å². The molecular formula is C18H18BrCl2NO. The van der Waals surface area contributed by atoms with Crippen LogP contribution in [0.1, 0.15) is 19.3 Å². The topological polar surface area (TPSA) is 23.5 Å². The lowest BCUT2D eigenvalue weighted by Gasteiger charge is -2.39. The molecule has 1 aromatic rings. The number of benzene rings is 1. The van der Waals surface area contributed by atoms with E-state index in [-0.39, 0.29) is 12.6 Å². The molecule has 2 nitrogen and oxygen atoms in total. The van der Waals surface area contributed by atoms with Gasteiger partial charge in [-0.1, -0.05) is 35.4 Å². The molecule has 0 bridgehead atoms. The third-order valence-electron chi connectivity index (χ3n) is 4.29. The van der Waals surface area contributed by atoms with E-state index in [1.54, 1.807) is 0 Å². The van der Waals surface area contributed by atoms with Crippen molar-refractivity contribution in [2.75, 3.05) is 11.5 Å². The SMILES string of the molecule is OCC1=CN(c2ccc(Br)c(Cl)c2)C(C2C=CCCC2)C(Cl)=C1. The summed E-state index contributed by atoms with van der Waals surface area (Å²) in [5.74, 6) is 0.353. The summed E-state index contributed by atoms with van der Waals surface area (Å²) >= 11 is 16.3. The molecule has 2 aliphatic rings. The number of allylic oxidation sites excluding steroid dienone is 1. The molecule has 0 spiro atoms. The first-order valence-corrected chi connectivity index (χ1v) is 9.23. The molecule has 122 valence electrons. The number of rotatable bonds is 3. The molecule has 0 saturated heterocycles. The summed E-state index contributed by atoms with van der Waals surface area (Å²) in [6.07, 6.45) is 11.8. The number of nitrogens with zero attached hydrogens (tertiary/aromatic N) is 1. The van der Waals surface area contributed by atoms with Crippen LogP contribution in [-0.4, -0.2) is 17.8 Å². The number of anilines is 1. The van der Waals surface area contributed by atoms with Gasteiger partial charge in [-0.05, 0) is 65.0 Å². The predicted molar refractivity (Wildman–Crippen MR) is 101 cm³/mol. The van der Waals surface area contributed by atoms with E-state index in [1.165, 1.54) is 6.42 Å². The van der Waals surface area contributed by atoms with E-state index in [0.29, 0.717) is 10.9 Å². The summed E-state index contributed by atoms with van der Waals surface area (Å²) in [6.45, 7) is -0.0375. The van der Waals surface area contributed by atoms with E-state index >= 15 is 0 Å². The van der Waals surface area contributed by atoms with Gasteiger partial charge in [-0.15, -0.1) is 0 Å². The van der Waals surface area contributed by atoms with Crippen molar-refractivity contribution >= 4 is 44.8 Å². The first-order chi connectivity index (χ1) is 11.1. The third kappa shape index (κ3) is 3.69. The molecule has 23 heavy (non-hydrogen) atoms. The van der Waals surface area contributed by atoms with E-state index in [9.17, 15) is 5.11 Å². The van der Waals surface area contributed by atoms with Crippen molar-refractivity contribution in [3.63, 3.8) is 0 Å². The minimum absolute atomic E-state index is 0.0375. The number of aliphatic hydroxyl groups excluding tert-OH is 1. The zero-order chi connectivity index (χ0) is 16.4. The molecule has 2 atom stereocenters. The van der Waals surface area contributed by atoms with Crippen LogP contribution in [0.3, 0.4) is 0 Å². The monoisotopic (exact) mass is 413 g/mol.